The molecule has 0 amide bonds. The second-order valence-corrected chi connectivity index (χ2v) is 4.70. The number of benzene rings is 3. The van der Waals surface area contributed by atoms with E-state index in [-0.39, 0.29) is 11.5 Å². The van der Waals surface area contributed by atoms with Gasteiger partial charge in [-0.05, 0) is 24.3 Å². The zero-order valence-electron chi connectivity index (χ0n) is 11.3. The molecule has 3 nitrogen and oxygen atoms in total. The molecule has 0 fully saturated rings. The summed E-state index contributed by atoms with van der Waals surface area (Å²) < 4.78 is 0. The lowest BCUT2D eigenvalue weighted by atomic mass is 10.2. The average Bonchev–Trinajstić information content (AvgIpc) is 2.90. The molecule has 4 aromatic rings. The van der Waals surface area contributed by atoms with Crippen LogP contribution in [0.3, 0.4) is 0 Å². The van der Waals surface area contributed by atoms with Crippen molar-refractivity contribution in [2.45, 2.75) is 0 Å². The zero-order chi connectivity index (χ0) is 14.7. The van der Waals surface area contributed by atoms with E-state index in [1.165, 1.54) is 33.9 Å². The Hall–Kier alpha value is -2.94. The number of H-pyrrole nitrogens is 1. The fraction of sp³-hybridized carbons (Fsp3) is 0. The van der Waals surface area contributed by atoms with Gasteiger partial charge < -0.3 is 15.2 Å². The van der Waals surface area contributed by atoms with E-state index in [1.54, 1.807) is 12.1 Å². The highest BCUT2D eigenvalue weighted by atomic mass is 16.3. The van der Waals surface area contributed by atoms with Crippen LogP contribution in [-0.4, -0.2) is 15.2 Å². The van der Waals surface area contributed by atoms with E-state index in [0.29, 0.717) is 0 Å². The minimum Gasteiger partial charge on any atom is -0.504 e. The van der Waals surface area contributed by atoms with Gasteiger partial charge in [0.2, 0.25) is 0 Å². The number of fused-ring (bicyclic) bond motifs is 3. The molecule has 4 rings (SSSR count). The van der Waals surface area contributed by atoms with Crippen molar-refractivity contribution in [3.63, 3.8) is 0 Å². The van der Waals surface area contributed by atoms with E-state index in [1.807, 2.05) is 0 Å². The first-order valence-corrected chi connectivity index (χ1v) is 6.68. The van der Waals surface area contributed by atoms with Crippen molar-refractivity contribution in [2.24, 2.45) is 0 Å². The quantitative estimate of drug-likeness (QED) is 0.417. The monoisotopic (exact) mass is 277 g/mol. The van der Waals surface area contributed by atoms with Crippen LogP contribution in [0, 0.1) is 0 Å². The largest absolute Gasteiger partial charge is 0.504 e. The lowest BCUT2D eigenvalue weighted by Crippen LogP contribution is -1.63. The molecule has 0 unspecified atom stereocenters. The Morgan fingerprint density at radius 1 is 0.524 bits per heavy atom. The zero-order valence-corrected chi connectivity index (χ0v) is 11.3. The van der Waals surface area contributed by atoms with Gasteiger partial charge in [0.05, 0.1) is 0 Å². The molecular formula is C18H15NO2. The van der Waals surface area contributed by atoms with Crippen molar-refractivity contribution >= 4 is 21.8 Å². The molecule has 1 aromatic heterocycles. The van der Waals surface area contributed by atoms with E-state index in [4.69, 9.17) is 10.2 Å². The lowest BCUT2D eigenvalue weighted by Gasteiger charge is -1.91. The standard InChI is InChI=1S/C12H9N.C6H6O2/c1-3-7-11-9(5-1)10-6-2-4-8-12(10)13-11;7-5-3-1-2-4-6(5)8/h1-8,13H;1-4,7-8H. The van der Waals surface area contributed by atoms with Crippen molar-refractivity contribution in [3.05, 3.63) is 72.8 Å². The predicted octanol–water partition coefficient (Wildman–Crippen LogP) is 4.42. The molecule has 0 aliphatic carbocycles. The SMILES string of the molecule is Oc1ccccc1O.c1ccc2c(c1)[nH]c1ccccc12. The van der Waals surface area contributed by atoms with Crippen molar-refractivity contribution < 1.29 is 10.2 Å². The third-order valence-corrected chi connectivity index (χ3v) is 3.30. The molecule has 0 saturated carbocycles. The molecule has 0 bridgehead atoms. The highest BCUT2D eigenvalue weighted by Crippen LogP contribution is 2.24. The number of hydrogen-bond donors (Lipinski definition) is 3. The molecule has 0 atom stereocenters. The van der Waals surface area contributed by atoms with Gasteiger partial charge in [0.15, 0.2) is 11.5 Å². The highest BCUT2D eigenvalue weighted by molar-refractivity contribution is 6.06. The maximum atomic E-state index is 8.67. The predicted molar refractivity (Wildman–Crippen MR) is 85.6 cm³/mol. The summed E-state index contributed by atoms with van der Waals surface area (Å²) in [6.45, 7) is 0. The van der Waals surface area contributed by atoms with Crippen LogP contribution in [0.25, 0.3) is 21.8 Å². The Balaban J connectivity index is 0.000000143. The lowest BCUT2D eigenvalue weighted by molar-refractivity contribution is 0.404. The van der Waals surface area contributed by atoms with Crippen LogP contribution >= 0.6 is 0 Å². The van der Waals surface area contributed by atoms with Crippen LogP contribution < -0.4 is 0 Å². The van der Waals surface area contributed by atoms with Gasteiger partial charge in [0.1, 0.15) is 0 Å². The van der Waals surface area contributed by atoms with Crippen LogP contribution in [0.5, 0.6) is 11.5 Å². The molecule has 104 valence electrons. The number of aromatic nitrogens is 1. The summed E-state index contributed by atoms with van der Waals surface area (Å²) in [7, 11) is 0. The van der Waals surface area contributed by atoms with E-state index in [0.717, 1.165) is 0 Å². The number of phenolic OH excluding ortho intramolecular Hbond substituents is 2. The molecule has 21 heavy (non-hydrogen) atoms. The first kappa shape index (κ1) is 13.1. The van der Waals surface area contributed by atoms with Crippen molar-refractivity contribution in [2.75, 3.05) is 0 Å². The second-order valence-electron chi connectivity index (χ2n) is 4.70. The summed E-state index contributed by atoms with van der Waals surface area (Å²) >= 11 is 0. The summed E-state index contributed by atoms with van der Waals surface area (Å²) in [6, 6.07) is 22.9. The second kappa shape index (κ2) is 5.59. The maximum absolute atomic E-state index is 8.67. The molecule has 1 heterocycles. The number of aromatic amines is 1. The Bertz CT molecular complexity index is 809. The molecule has 0 radical (unpaired) electrons. The minimum atomic E-state index is -0.0764. The number of phenols is 2. The Kier molecular flexibility index (Phi) is 3.48. The summed E-state index contributed by atoms with van der Waals surface area (Å²) in [5.41, 5.74) is 2.42. The third kappa shape index (κ3) is 2.67. The maximum Gasteiger partial charge on any atom is 0.157 e. The van der Waals surface area contributed by atoms with Gasteiger partial charge in [-0.2, -0.15) is 0 Å². The van der Waals surface area contributed by atoms with Crippen LogP contribution in [0.2, 0.25) is 0 Å². The van der Waals surface area contributed by atoms with Gasteiger partial charge >= 0.3 is 0 Å². The van der Waals surface area contributed by atoms with Crippen LogP contribution in [-0.2, 0) is 0 Å². The summed E-state index contributed by atoms with van der Waals surface area (Å²) in [6.07, 6.45) is 0. The van der Waals surface area contributed by atoms with Gasteiger partial charge in [-0.15, -0.1) is 0 Å². The van der Waals surface area contributed by atoms with Crippen molar-refractivity contribution in [3.8, 4) is 11.5 Å². The normalized spacial score (nSPS) is 10.3. The molecule has 0 saturated heterocycles. The number of rotatable bonds is 0. The van der Waals surface area contributed by atoms with E-state index in [9.17, 15) is 0 Å². The smallest absolute Gasteiger partial charge is 0.157 e. The van der Waals surface area contributed by atoms with Gasteiger partial charge in [0.25, 0.3) is 0 Å². The molecule has 0 aliphatic heterocycles. The van der Waals surface area contributed by atoms with Crippen LogP contribution in [0.4, 0.5) is 0 Å². The molecule has 0 spiro atoms. The molecular weight excluding hydrogens is 262 g/mol. The Morgan fingerprint density at radius 2 is 0.905 bits per heavy atom. The van der Waals surface area contributed by atoms with Gasteiger partial charge in [0, 0.05) is 21.8 Å². The summed E-state index contributed by atoms with van der Waals surface area (Å²) in [5.74, 6) is -0.153. The number of aromatic hydroxyl groups is 2. The first-order valence-electron chi connectivity index (χ1n) is 6.68. The molecule has 3 N–H and O–H groups in total. The van der Waals surface area contributed by atoms with Crippen molar-refractivity contribution in [1.82, 2.24) is 4.98 Å². The van der Waals surface area contributed by atoms with Crippen LogP contribution in [0.15, 0.2) is 72.8 Å². The Labute approximate surface area is 122 Å². The van der Waals surface area contributed by atoms with Crippen LogP contribution in [0.1, 0.15) is 0 Å². The van der Waals surface area contributed by atoms with E-state index >= 15 is 0 Å². The number of para-hydroxylation sites is 4. The number of hydrogen-bond acceptors (Lipinski definition) is 2. The topological polar surface area (TPSA) is 56.2 Å². The average molecular weight is 277 g/mol. The van der Waals surface area contributed by atoms with Gasteiger partial charge in [-0.25, -0.2) is 0 Å². The molecule has 0 aliphatic rings. The Morgan fingerprint density at radius 3 is 1.33 bits per heavy atom. The fourth-order valence-corrected chi connectivity index (χ4v) is 2.26. The van der Waals surface area contributed by atoms with Gasteiger partial charge in [-0.3, -0.25) is 0 Å². The van der Waals surface area contributed by atoms with E-state index in [2.05, 4.69) is 53.5 Å². The third-order valence-electron chi connectivity index (χ3n) is 3.30. The molecule has 3 aromatic carbocycles. The summed E-state index contributed by atoms with van der Waals surface area (Å²) in [5, 5.41) is 19.9. The van der Waals surface area contributed by atoms with E-state index < -0.39 is 0 Å². The highest BCUT2D eigenvalue weighted by Gasteiger charge is 2.00. The summed E-state index contributed by atoms with van der Waals surface area (Å²) in [4.78, 5) is 3.38. The molecule has 3 heteroatoms. The van der Waals surface area contributed by atoms with Crippen molar-refractivity contribution in [1.29, 1.82) is 0 Å². The fourth-order valence-electron chi connectivity index (χ4n) is 2.26. The first-order chi connectivity index (χ1) is 10.3. The van der Waals surface area contributed by atoms with Gasteiger partial charge in [-0.1, -0.05) is 48.5 Å². The number of nitrogens with one attached hydrogen (secondary N) is 1. The minimum absolute atomic E-state index is 0.0764.